The minimum Gasteiger partial charge on any atom is -0.352 e. The Morgan fingerprint density at radius 1 is 1.12 bits per heavy atom. The number of fused-ring (bicyclic) bond motifs is 1. The van der Waals surface area contributed by atoms with Gasteiger partial charge in [0.1, 0.15) is 6.54 Å². The molecule has 2 aromatic rings. The van der Waals surface area contributed by atoms with E-state index in [9.17, 15) is 14.4 Å². The van der Waals surface area contributed by atoms with Crippen LogP contribution in [0.5, 0.6) is 0 Å². The first-order valence-electron chi connectivity index (χ1n) is 8.59. The van der Waals surface area contributed by atoms with E-state index in [4.69, 9.17) is 0 Å². The fraction of sp³-hybridized carbons (Fsp3) is 0.421. The predicted molar refractivity (Wildman–Crippen MR) is 97.5 cm³/mol. The normalized spacial score (nSPS) is 10.9. The number of hydrogen-bond donors (Lipinski definition) is 1. The molecule has 0 unspecified atom stereocenters. The summed E-state index contributed by atoms with van der Waals surface area (Å²) in [4.78, 5) is 38.7. The van der Waals surface area contributed by atoms with Gasteiger partial charge in [-0.05, 0) is 33.8 Å². The number of benzene rings is 1. The summed E-state index contributed by atoms with van der Waals surface area (Å²) in [5, 5.41) is 3.52. The highest BCUT2D eigenvalue weighted by Crippen LogP contribution is 2.22. The number of Topliss-reactive ketones (excluding diaryl/α,β-unsaturated/α-hetero) is 1. The number of carbonyl (C=O) groups excluding carboxylic acids is 3. The topological polar surface area (TPSA) is 71.4 Å². The number of aromatic nitrogens is 1. The van der Waals surface area contributed by atoms with E-state index < -0.39 is 11.7 Å². The van der Waals surface area contributed by atoms with E-state index >= 15 is 0 Å². The molecule has 0 saturated carbocycles. The van der Waals surface area contributed by atoms with Crippen molar-refractivity contribution in [3.8, 4) is 0 Å². The number of amides is 2. The third kappa shape index (κ3) is 4.07. The Bertz CT molecular complexity index is 788. The Morgan fingerprint density at radius 3 is 2.36 bits per heavy atom. The van der Waals surface area contributed by atoms with E-state index in [1.165, 1.54) is 4.90 Å². The van der Waals surface area contributed by atoms with Crippen molar-refractivity contribution in [3.05, 3.63) is 36.0 Å². The number of nitrogens with one attached hydrogen (secondary N) is 1. The highest BCUT2D eigenvalue weighted by atomic mass is 16.2. The zero-order valence-corrected chi connectivity index (χ0v) is 15.2. The Hall–Kier alpha value is -2.63. The van der Waals surface area contributed by atoms with Gasteiger partial charge >= 0.3 is 0 Å². The second kappa shape index (κ2) is 7.96. The minimum atomic E-state index is -0.539. The van der Waals surface area contributed by atoms with E-state index in [2.05, 4.69) is 5.32 Å². The van der Waals surface area contributed by atoms with Crippen LogP contribution < -0.4 is 5.32 Å². The summed E-state index contributed by atoms with van der Waals surface area (Å²) in [7, 11) is 0. The minimum absolute atomic E-state index is 0.0414. The van der Waals surface area contributed by atoms with Crippen LogP contribution in [0.2, 0.25) is 0 Å². The van der Waals surface area contributed by atoms with Crippen molar-refractivity contribution in [3.63, 3.8) is 0 Å². The molecule has 134 valence electrons. The molecule has 0 aliphatic carbocycles. The Balaban J connectivity index is 2.40. The van der Waals surface area contributed by atoms with Gasteiger partial charge in [-0.25, -0.2) is 0 Å². The van der Waals surface area contributed by atoms with Crippen molar-refractivity contribution >= 4 is 28.5 Å². The second-order valence-corrected chi connectivity index (χ2v) is 6.22. The summed E-state index contributed by atoms with van der Waals surface area (Å²) >= 11 is 0. The van der Waals surface area contributed by atoms with Gasteiger partial charge in [0.05, 0.1) is 5.56 Å². The molecule has 0 aliphatic heterocycles. The second-order valence-electron chi connectivity index (χ2n) is 6.22. The standard InChI is InChI=1S/C19H25N3O3/c1-5-21(6-2)19(25)18(24)15-11-22(12-17(23)20-13(3)4)16-10-8-7-9-14(15)16/h7-11,13H,5-6,12H2,1-4H3,(H,20,23). The van der Waals surface area contributed by atoms with Gasteiger partial charge < -0.3 is 14.8 Å². The lowest BCUT2D eigenvalue weighted by atomic mass is 10.1. The number of likely N-dealkylation sites (N-methyl/N-ethyl adjacent to an activating group) is 1. The zero-order valence-electron chi connectivity index (χ0n) is 15.2. The number of nitrogens with zero attached hydrogens (tertiary/aromatic N) is 2. The summed E-state index contributed by atoms with van der Waals surface area (Å²) in [5.41, 5.74) is 1.10. The lowest BCUT2D eigenvalue weighted by molar-refractivity contribution is -0.126. The summed E-state index contributed by atoms with van der Waals surface area (Å²) in [6, 6.07) is 7.35. The van der Waals surface area contributed by atoms with Crippen LogP contribution >= 0.6 is 0 Å². The molecular formula is C19H25N3O3. The summed E-state index contributed by atoms with van der Waals surface area (Å²) in [6.07, 6.45) is 1.61. The SMILES string of the molecule is CCN(CC)C(=O)C(=O)c1cn(CC(=O)NC(C)C)c2ccccc12. The third-order valence-corrected chi connectivity index (χ3v) is 4.04. The quantitative estimate of drug-likeness (QED) is 0.619. The highest BCUT2D eigenvalue weighted by Gasteiger charge is 2.25. The van der Waals surface area contributed by atoms with Crippen molar-refractivity contribution in [2.24, 2.45) is 0 Å². The molecule has 1 aromatic carbocycles. The average Bonchev–Trinajstić information content (AvgIpc) is 2.93. The number of hydrogen-bond acceptors (Lipinski definition) is 3. The van der Waals surface area contributed by atoms with Gasteiger partial charge in [0.15, 0.2) is 0 Å². The number of rotatable bonds is 7. The molecule has 1 aromatic heterocycles. The molecular weight excluding hydrogens is 318 g/mol. The van der Waals surface area contributed by atoms with Gasteiger partial charge in [-0.15, -0.1) is 0 Å². The fourth-order valence-corrected chi connectivity index (χ4v) is 2.85. The molecule has 0 saturated heterocycles. The third-order valence-electron chi connectivity index (χ3n) is 4.04. The molecule has 2 rings (SSSR count). The molecule has 2 amide bonds. The van der Waals surface area contributed by atoms with E-state index in [-0.39, 0.29) is 18.5 Å². The highest BCUT2D eigenvalue weighted by molar-refractivity contribution is 6.44. The first kappa shape index (κ1) is 18.7. The monoisotopic (exact) mass is 343 g/mol. The molecule has 6 heteroatoms. The molecule has 0 radical (unpaired) electrons. The predicted octanol–water partition coefficient (Wildman–Crippen LogP) is 2.22. The molecule has 1 heterocycles. The Labute approximate surface area is 147 Å². The summed E-state index contributed by atoms with van der Waals surface area (Å²) in [6.45, 7) is 8.54. The maximum atomic E-state index is 12.7. The van der Waals surface area contributed by atoms with Crippen LogP contribution in [0.3, 0.4) is 0 Å². The molecule has 0 fully saturated rings. The van der Waals surface area contributed by atoms with Gasteiger partial charge in [0, 0.05) is 36.2 Å². The molecule has 0 spiro atoms. The first-order valence-corrected chi connectivity index (χ1v) is 8.59. The van der Waals surface area contributed by atoms with E-state index in [1.54, 1.807) is 16.8 Å². The fourth-order valence-electron chi connectivity index (χ4n) is 2.85. The van der Waals surface area contributed by atoms with Crippen LogP contribution in [-0.2, 0) is 16.1 Å². The summed E-state index contributed by atoms with van der Waals surface area (Å²) < 4.78 is 1.72. The molecule has 0 aliphatic rings. The number of ketones is 1. The zero-order chi connectivity index (χ0) is 18.6. The van der Waals surface area contributed by atoms with E-state index in [1.807, 2.05) is 45.9 Å². The number of para-hydroxylation sites is 1. The van der Waals surface area contributed by atoms with Crippen molar-refractivity contribution in [2.45, 2.75) is 40.3 Å². The maximum Gasteiger partial charge on any atom is 0.295 e. The molecule has 1 N–H and O–H groups in total. The maximum absolute atomic E-state index is 12.7. The van der Waals surface area contributed by atoms with Gasteiger partial charge in [-0.1, -0.05) is 18.2 Å². The smallest absolute Gasteiger partial charge is 0.295 e. The van der Waals surface area contributed by atoms with Crippen LogP contribution in [0, 0.1) is 0 Å². The van der Waals surface area contributed by atoms with Crippen LogP contribution in [0.4, 0.5) is 0 Å². The van der Waals surface area contributed by atoms with Gasteiger partial charge in [-0.2, -0.15) is 0 Å². The van der Waals surface area contributed by atoms with Crippen molar-refractivity contribution in [1.29, 1.82) is 0 Å². The van der Waals surface area contributed by atoms with Crippen molar-refractivity contribution in [1.82, 2.24) is 14.8 Å². The van der Waals surface area contributed by atoms with E-state index in [0.717, 1.165) is 5.52 Å². The lowest BCUT2D eigenvalue weighted by Gasteiger charge is -2.17. The van der Waals surface area contributed by atoms with Gasteiger partial charge in [0.25, 0.3) is 11.7 Å². The Kier molecular flexibility index (Phi) is 5.96. The molecule has 0 bridgehead atoms. The molecule has 25 heavy (non-hydrogen) atoms. The Morgan fingerprint density at radius 2 is 1.76 bits per heavy atom. The van der Waals surface area contributed by atoms with Crippen molar-refractivity contribution in [2.75, 3.05) is 13.1 Å². The largest absolute Gasteiger partial charge is 0.352 e. The molecule has 0 atom stereocenters. The number of carbonyl (C=O) groups is 3. The van der Waals surface area contributed by atoms with Crippen LogP contribution in [0.15, 0.2) is 30.5 Å². The lowest BCUT2D eigenvalue weighted by Crippen LogP contribution is -2.36. The molecule has 6 nitrogen and oxygen atoms in total. The first-order chi connectivity index (χ1) is 11.9. The van der Waals surface area contributed by atoms with Gasteiger partial charge in [0.2, 0.25) is 5.91 Å². The van der Waals surface area contributed by atoms with Crippen LogP contribution in [0.1, 0.15) is 38.1 Å². The van der Waals surface area contributed by atoms with Crippen molar-refractivity contribution < 1.29 is 14.4 Å². The van der Waals surface area contributed by atoms with E-state index in [0.29, 0.717) is 24.0 Å². The average molecular weight is 343 g/mol. The summed E-state index contributed by atoms with van der Waals surface area (Å²) in [5.74, 6) is -1.19. The van der Waals surface area contributed by atoms with Gasteiger partial charge in [-0.3, -0.25) is 14.4 Å². The van der Waals surface area contributed by atoms with Crippen LogP contribution in [0.25, 0.3) is 10.9 Å². The van der Waals surface area contributed by atoms with Crippen LogP contribution in [-0.4, -0.2) is 46.2 Å².